The maximum Gasteiger partial charge on any atom is 0.152 e. The van der Waals surface area contributed by atoms with Gasteiger partial charge in [0.2, 0.25) is 0 Å². The van der Waals surface area contributed by atoms with E-state index in [4.69, 9.17) is 4.42 Å². The number of nitrogens with zero attached hydrogens (tertiary/aromatic N) is 2. The zero-order valence-corrected chi connectivity index (χ0v) is 10.9. The molecule has 18 heavy (non-hydrogen) atoms. The maximum atomic E-state index is 5.45. The van der Waals surface area contributed by atoms with E-state index in [1.54, 1.807) is 12.6 Å². The number of hydrogen-bond donors (Lipinski definition) is 1. The summed E-state index contributed by atoms with van der Waals surface area (Å²) in [5, 5.41) is 3.36. The predicted molar refractivity (Wildman–Crippen MR) is 72.5 cm³/mol. The van der Waals surface area contributed by atoms with Crippen molar-refractivity contribution in [3.8, 4) is 11.5 Å². The molecule has 0 aliphatic carbocycles. The SMILES string of the molecule is CCCNc1ncnc(-c2ccco2)c1CCC. The molecule has 0 unspecified atom stereocenters. The van der Waals surface area contributed by atoms with Crippen LogP contribution in [0.25, 0.3) is 11.5 Å². The van der Waals surface area contributed by atoms with Gasteiger partial charge in [0.1, 0.15) is 17.8 Å². The number of hydrogen-bond acceptors (Lipinski definition) is 4. The zero-order valence-electron chi connectivity index (χ0n) is 10.9. The van der Waals surface area contributed by atoms with Crippen molar-refractivity contribution in [3.05, 3.63) is 30.3 Å². The van der Waals surface area contributed by atoms with Crippen molar-refractivity contribution >= 4 is 5.82 Å². The molecule has 0 amide bonds. The lowest BCUT2D eigenvalue weighted by Gasteiger charge is -2.12. The standard InChI is InChI=1S/C14H19N3O/c1-3-6-11-13(12-7-5-9-18-12)16-10-17-14(11)15-8-4-2/h5,7,9-10H,3-4,6,8H2,1-2H3,(H,15,16,17). The molecular formula is C14H19N3O. The third-order valence-electron chi connectivity index (χ3n) is 2.74. The lowest BCUT2D eigenvalue weighted by Crippen LogP contribution is -2.07. The smallest absolute Gasteiger partial charge is 0.152 e. The molecule has 0 saturated carbocycles. The van der Waals surface area contributed by atoms with Crippen LogP contribution < -0.4 is 5.32 Å². The minimum absolute atomic E-state index is 0.806. The fourth-order valence-corrected chi connectivity index (χ4v) is 1.92. The zero-order chi connectivity index (χ0) is 12.8. The third-order valence-corrected chi connectivity index (χ3v) is 2.74. The quantitative estimate of drug-likeness (QED) is 0.846. The van der Waals surface area contributed by atoms with Gasteiger partial charge in [0.05, 0.1) is 6.26 Å². The molecule has 0 saturated heterocycles. The van der Waals surface area contributed by atoms with Crippen LogP contribution in [0.2, 0.25) is 0 Å². The van der Waals surface area contributed by atoms with E-state index in [1.165, 1.54) is 0 Å². The van der Waals surface area contributed by atoms with Crippen LogP contribution in [0.5, 0.6) is 0 Å². The Morgan fingerprint density at radius 2 is 2.11 bits per heavy atom. The van der Waals surface area contributed by atoms with Crippen molar-refractivity contribution in [2.75, 3.05) is 11.9 Å². The van der Waals surface area contributed by atoms with Crippen LogP contribution in [0.4, 0.5) is 5.82 Å². The number of nitrogens with one attached hydrogen (secondary N) is 1. The molecule has 2 rings (SSSR count). The summed E-state index contributed by atoms with van der Waals surface area (Å²) in [6.45, 7) is 5.22. The van der Waals surface area contributed by atoms with Gasteiger partial charge in [-0.3, -0.25) is 0 Å². The summed E-state index contributed by atoms with van der Waals surface area (Å²) in [5.41, 5.74) is 2.04. The van der Waals surface area contributed by atoms with E-state index >= 15 is 0 Å². The van der Waals surface area contributed by atoms with Gasteiger partial charge in [-0.25, -0.2) is 9.97 Å². The van der Waals surface area contributed by atoms with E-state index in [2.05, 4.69) is 29.1 Å². The molecule has 96 valence electrons. The lowest BCUT2D eigenvalue weighted by molar-refractivity contribution is 0.578. The molecule has 0 bridgehead atoms. The largest absolute Gasteiger partial charge is 0.463 e. The molecule has 2 aromatic heterocycles. The minimum atomic E-state index is 0.806. The summed E-state index contributed by atoms with van der Waals surface area (Å²) >= 11 is 0. The van der Waals surface area contributed by atoms with Crippen LogP contribution >= 0.6 is 0 Å². The van der Waals surface area contributed by atoms with Gasteiger partial charge < -0.3 is 9.73 Å². The molecule has 1 N–H and O–H groups in total. The molecule has 0 radical (unpaired) electrons. The summed E-state index contributed by atoms with van der Waals surface area (Å²) in [5.74, 6) is 1.74. The second-order valence-corrected chi connectivity index (χ2v) is 4.20. The van der Waals surface area contributed by atoms with Crippen molar-refractivity contribution in [2.24, 2.45) is 0 Å². The van der Waals surface area contributed by atoms with Crippen molar-refractivity contribution in [3.63, 3.8) is 0 Å². The van der Waals surface area contributed by atoms with Gasteiger partial charge in [-0.2, -0.15) is 0 Å². The Morgan fingerprint density at radius 3 is 2.78 bits per heavy atom. The highest BCUT2D eigenvalue weighted by atomic mass is 16.3. The number of rotatable bonds is 6. The van der Waals surface area contributed by atoms with Crippen LogP contribution in [0, 0.1) is 0 Å². The average molecular weight is 245 g/mol. The van der Waals surface area contributed by atoms with Crippen molar-refractivity contribution in [1.82, 2.24) is 9.97 Å². The topological polar surface area (TPSA) is 51.0 Å². The number of anilines is 1. The summed E-state index contributed by atoms with van der Waals surface area (Å²) in [4.78, 5) is 8.71. The van der Waals surface area contributed by atoms with E-state index in [0.29, 0.717) is 0 Å². The maximum absolute atomic E-state index is 5.45. The van der Waals surface area contributed by atoms with Crippen LogP contribution in [0.15, 0.2) is 29.1 Å². The molecule has 2 heterocycles. The highest BCUT2D eigenvalue weighted by Crippen LogP contribution is 2.27. The normalized spacial score (nSPS) is 10.6. The first kappa shape index (κ1) is 12.6. The molecule has 0 aromatic carbocycles. The number of furan rings is 1. The van der Waals surface area contributed by atoms with Gasteiger partial charge in [-0.05, 0) is 25.0 Å². The second kappa shape index (κ2) is 6.19. The fourth-order valence-electron chi connectivity index (χ4n) is 1.92. The molecular weight excluding hydrogens is 226 g/mol. The van der Waals surface area contributed by atoms with Crippen LogP contribution in [-0.4, -0.2) is 16.5 Å². The Bertz CT molecular complexity index is 480. The van der Waals surface area contributed by atoms with Gasteiger partial charge >= 0.3 is 0 Å². The van der Waals surface area contributed by atoms with Crippen molar-refractivity contribution in [2.45, 2.75) is 33.1 Å². The molecule has 4 heteroatoms. The van der Waals surface area contributed by atoms with Crippen molar-refractivity contribution < 1.29 is 4.42 Å². The molecule has 0 spiro atoms. The summed E-state index contributed by atoms with van der Waals surface area (Å²) < 4.78 is 5.45. The Morgan fingerprint density at radius 1 is 1.22 bits per heavy atom. The number of aromatic nitrogens is 2. The summed E-state index contributed by atoms with van der Waals surface area (Å²) in [6, 6.07) is 3.82. The first-order valence-electron chi connectivity index (χ1n) is 6.48. The highest BCUT2D eigenvalue weighted by Gasteiger charge is 2.13. The predicted octanol–water partition coefficient (Wildman–Crippen LogP) is 3.51. The monoisotopic (exact) mass is 245 g/mol. The van der Waals surface area contributed by atoms with E-state index in [9.17, 15) is 0 Å². The van der Waals surface area contributed by atoms with Gasteiger partial charge in [0.25, 0.3) is 0 Å². The lowest BCUT2D eigenvalue weighted by atomic mass is 10.1. The molecule has 0 aliphatic rings. The Kier molecular flexibility index (Phi) is 4.34. The van der Waals surface area contributed by atoms with E-state index < -0.39 is 0 Å². The Balaban J connectivity index is 2.39. The van der Waals surface area contributed by atoms with Crippen LogP contribution in [-0.2, 0) is 6.42 Å². The van der Waals surface area contributed by atoms with Crippen LogP contribution in [0.1, 0.15) is 32.3 Å². The van der Waals surface area contributed by atoms with Gasteiger partial charge in [0.15, 0.2) is 5.76 Å². The molecule has 0 fully saturated rings. The molecule has 0 atom stereocenters. The second-order valence-electron chi connectivity index (χ2n) is 4.20. The van der Waals surface area contributed by atoms with Crippen LogP contribution in [0.3, 0.4) is 0 Å². The third kappa shape index (κ3) is 2.70. The Labute approximate surface area is 107 Å². The van der Waals surface area contributed by atoms with Gasteiger partial charge in [0, 0.05) is 12.1 Å². The van der Waals surface area contributed by atoms with Gasteiger partial charge in [-0.1, -0.05) is 20.3 Å². The fraction of sp³-hybridized carbons (Fsp3) is 0.429. The minimum Gasteiger partial charge on any atom is -0.463 e. The summed E-state index contributed by atoms with van der Waals surface area (Å²) in [6.07, 6.45) is 6.35. The van der Waals surface area contributed by atoms with E-state index in [-0.39, 0.29) is 0 Å². The van der Waals surface area contributed by atoms with Crippen molar-refractivity contribution in [1.29, 1.82) is 0 Å². The Hall–Kier alpha value is -1.84. The first-order valence-corrected chi connectivity index (χ1v) is 6.48. The van der Waals surface area contributed by atoms with E-state index in [1.807, 2.05) is 12.1 Å². The average Bonchev–Trinajstić information content (AvgIpc) is 2.91. The van der Waals surface area contributed by atoms with E-state index in [0.717, 1.165) is 48.6 Å². The highest BCUT2D eigenvalue weighted by molar-refractivity contribution is 5.64. The molecule has 0 aliphatic heterocycles. The summed E-state index contributed by atoms with van der Waals surface area (Å²) in [7, 11) is 0. The first-order chi connectivity index (χ1) is 8.86. The molecule has 2 aromatic rings. The molecule has 4 nitrogen and oxygen atoms in total. The van der Waals surface area contributed by atoms with Gasteiger partial charge in [-0.15, -0.1) is 0 Å².